The van der Waals surface area contributed by atoms with E-state index in [0.717, 1.165) is 22.6 Å². The first-order valence-electron chi connectivity index (χ1n) is 8.41. The van der Waals surface area contributed by atoms with Crippen molar-refractivity contribution in [1.82, 2.24) is 0 Å². The van der Waals surface area contributed by atoms with E-state index in [2.05, 4.69) is 4.99 Å². The second-order valence-electron chi connectivity index (χ2n) is 5.78. The van der Waals surface area contributed by atoms with Crippen molar-refractivity contribution in [3.63, 3.8) is 0 Å². The number of hydrogen-bond acceptors (Lipinski definition) is 4. The first-order valence-corrected chi connectivity index (χ1v) is 8.41. The highest BCUT2D eigenvalue weighted by atomic mass is 19.1. The molecule has 0 spiro atoms. The minimum Gasteiger partial charge on any atom is -0.497 e. The van der Waals surface area contributed by atoms with Gasteiger partial charge in [-0.2, -0.15) is 0 Å². The van der Waals surface area contributed by atoms with Gasteiger partial charge < -0.3 is 14.2 Å². The Kier molecular flexibility index (Phi) is 6.05. The van der Waals surface area contributed by atoms with Gasteiger partial charge in [-0.05, 0) is 65.7 Å². The minimum absolute atomic E-state index is 0.267. The monoisotopic (exact) mass is 365 g/mol. The van der Waals surface area contributed by atoms with Crippen molar-refractivity contribution in [2.45, 2.75) is 6.61 Å². The van der Waals surface area contributed by atoms with Crippen LogP contribution in [0.2, 0.25) is 0 Å². The van der Waals surface area contributed by atoms with Crippen molar-refractivity contribution in [3.8, 4) is 17.2 Å². The maximum atomic E-state index is 13.0. The molecule has 0 aliphatic heterocycles. The van der Waals surface area contributed by atoms with Gasteiger partial charge in [0.15, 0.2) is 11.5 Å². The Balaban J connectivity index is 1.69. The highest BCUT2D eigenvalue weighted by Crippen LogP contribution is 2.28. The molecule has 0 amide bonds. The zero-order chi connectivity index (χ0) is 19.1. The summed E-state index contributed by atoms with van der Waals surface area (Å²) in [6.45, 7) is 0.329. The Morgan fingerprint density at radius 2 is 1.59 bits per heavy atom. The van der Waals surface area contributed by atoms with Crippen molar-refractivity contribution in [3.05, 3.63) is 83.7 Å². The van der Waals surface area contributed by atoms with Crippen LogP contribution in [0.5, 0.6) is 17.2 Å². The molecule has 27 heavy (non-hydrogen) atoms. The maximum Gasteiger partial charge on any atom is 0.161 e. The molecule has 3 rings (SSSR count). The number of methoxy groups -OCH3 is 2. The van der Waals surface area contributed by atoms with Crippen LogP contribution < -0.4 is 14.2 Å². The number of hydrogen-bond donors (Lipinski definition) is 0. The van der Waals surface area contributed by atoms with Gasteiger partial charge in [-0.3, -0.25) is 4.99 Å². The number of rotatable bonds is 7. The van der Waals surface area contributed by atoms with Crippen LogP contribution in [0.3, 0.4) is 0 Å². The molecule has 0 aliphatic rings. The molecule has 0 aromatic heterocycles. The third-order valence-corrected chi connectivity index (χ3v) is 3.93. The maximum absolute atomic E-state index is 13.0. The zero-order valence-electron chi connectivity index (χ0n) is 15.2. The van der Waals surface area contributed by atoms with E-state index in [1.54, 1.807) is 32.6 Å². The van der Waals surface area contributed by atoms with Crippen LogP contribution in [0.1, 0.15) is 11.1 Å². The van der Waals surface area contributed by atoms with E-state index >= 15 is 0 Å². The van der Waals surface area contributed by atoms with Crippen LogP contribution in [-0.2, 0) is 6.61 Å². The van der Waals surface area contributed by atoms with Crippen LogP contribution in [0.25, 0.3) is 0 Å². The lowest BCUT2D eigenvalue weighted by molar-refractivity contribution is 0.284. The average Bonchev–Trinajstić information content (AvgIpc) is 2.72. The summed E-state index contributed by atoms with van der Waals surface area (Å²) in [5, 5.41) is 0. The van der Waals surface area contributed by atoms with Crippen LogP contribution in [-0.4, -0.2) is 20.4 Å². The molecule has 0 saturated heterocycles. The Morgan fingerprint density at radius 3 is 2.26 bits per heavy atom. The highest BCUT2D eigenvalue weighted by Gasteiger charge is 2.06. The summed E-state index contributed by atoms with van der Waals surface area (Å²) in [5.74, 6) is 1.74. The van der Waals surface area contributed by atoms with Crippen molar-refractivity contribution in [1.29, 1.82) is 0 Å². The van der Waals surface area contributed by atoms with E-state index in [1.165, 1.54) is 12.1 Å². The SMILES string of the molecule is COc1ccc(N=Cc2ccc(OCc3ccc(F)cc3)c(OC)c2)cc1. The van der Waals surface area contributed by atoms with Gasteiger partial charge in [0.1, 0.15) is 18.2 Å². The summed E-state index contributed by atoms with van der Waals surface area (Å²) in [4.78, 5) is 4.45. The van der Waals surface area contributed by atoms with Crippen molar-refractivity contribution < 1.29 is 18.6 Å². The fraction of sp³-hybridized carbons (Fsp3) is 0.136. The third-order valence-electron chi connectivity index (χ3n) is 3.93. The number of nitrogens with zero attached hydrogens (tertiary/aromatic N) is 1. The topological polar surface area (TPSA) is 40.0 Å². The summed E-state index contributed by atoms with van der Waals surface area (Å²) in [7, 11) is 3.22. The second-order valence-corrected chi connectivity index (χ2v) is 5.78. The molecule has 3 aromatic rings. The number of ether oxygens (including phenoxy) is 3. The normalized spacial score (nSPS) is 10.8. The van der Waals surface area contributed by atoms with E-state index < -0.39 is 0 Å². The molecule has 0 N–H and O–H groups in total. The lowest BCUT2D eigenvalue weighted by atomic mass is 10.2. The predicted molar refractivity (Wildman–Crippen MR) is 104 cm³/mol. The van der Waals surface area contributed by atoms with E-state index in [9.17, 15) is 4.39 Å². The lowest BCUT2D eigenvalue weighted by Gasteiger charge is -2.11. The zero-order valence-corrected chi connectivity index (χ0v) is 15.2. The van der Waals surface area contributed by atoms with Gasteiger partial charge in [0.05, 0.1) is 19.9 Å². The van der Waals surface area contributed by atoms with Gasteiger partial charge in [-0.1, -0.05) is 12.1 Å². The summed E-state index contributed by atoms with van der Waals surface area (Å²) in [6, 6.07) is 19.3. The van der Waals surface area contributed by atoms with Crippen LogP contribution in [0, 0.1) is 5.82 Å². The molecular weight excluding hydrogens is 345 g/mol. The molecule has 0 unspecified atom stereocenters. The van der Waals surface area contributed by atoms with Gasteiger partial charge in [0, 0.05) is 6.21 Å². The summed E-state index contributed by atoms with van der Waals surface area (Å²) in [6.07, 6.45) is 1.76. The summed E-state index contributed by atoms with van der Waals surface area (Å²) >= 11 is 0. The summed E-state index contributed by atoms with van der Waals surface area (Å²) in [5.41, 5.74) is 2.59. The highest BCUT2D eigenvalue weighted by molar-refractivity contribution is 5.83. The first kappa shape index (κ1) is 18.5. The van der Waals surface area contributed by atoms with E-state index in [4.69, 9.17) is 14.2 Å². The Bertz CT molecular complexity index is 906. The van der Waals surface area contributed by atoms with Crippen molar-refractivity contribution in [2.75, 3.05) is 14.2 Å². The number of benzene rings is 3. The molecule has 0 heterocycles. The molecule has 0 bridgehead atoms. The molecule has 0 fully saturated rings. The number of halogens is 1. The Labute approximate surface area is 157 Å². The van der Waals surface area contributed by atoms with Crippen LogP contribution in [0.15, 0.2) is 71.7 Å². The molecule has 0 atom stereocenters. The largest absolute Gasteiger partial charge is 0.497 e. The average molecular weight is 365 g/mol. The van der Waals surface area contributed by atoms with Gasteiger partial charge in [-0.15, -0.1) is 0 Å². The van der Waals surface area contributed by atoms with E-state index in [0.29, 0.717) is 18.1 Å². The van der Waals surface area contributed by atoms with Crippen molar-refractivity contribution >= 4 is 11.9 Å². The molecule has 0 aliphatic carbocycles. The Morgan fingerprint density at radius 1 is 0.852 bits per heavy atom. The van der Waals surface area contributed by atoms with Gasteiger partial charge in [0.2, 0.25) is 0 Å². The lowest BCUT2D eigenvalue weighted by Crippen LogP contribution is -1.98. The van der Waals surface area contributed by atoms with Crippen LogP contribution in [0.4, 0.5) is 10.1 Å². The third kappa shape index (κ3) is 5.07. The molecule has 138 valence electrons. The fourth-order valence-corrected chi connectivity index (χ4v) is 2.44. The van der Waals surface area contributed by atoms with Gasteiger partial charge >= 0.3 is 0 Å². The van der Waals surface area contributed by atoms with Gasteiger partial charge in [-0.25, -0.2) is 4.39 Å². The van der Waals surface area contributed by atoms with Gasteiger partial charge in [0.25, 0.3) is 0 Å². The quantitative estimate of drug-likeness (QED) is 0.542. The Hall–Kier alpha value is -3.34. The molecule has 0 radical (unpaired) electrons. The summed E-state index contributed by atoms with van der Waals surface area (Å²) < 4.78 is 29.3. The van der Waals surface area contributed by atoms with E-state index in [1.807, 2.05) is 42.5 Å². The standard InChI is InChI=1S/C22H20FNO3/c1-25-20-10-8-19(9-11-20)24-14-17-5-12-21(22(13-17)26-2)27-15-16-3-6-18(23)7-4-16/h3-14H,15H2,1-2H3. The molecule has 0 saturated carbocycles. The van der Waals surface area contributed by atoms with Crippen LogP contribution >= 0.6 is 0 Å². The molecular formula is C22H20FNO3. The molecule has 4 nitrogen and oxygen atoms in total. The number of aliphatic imine (C=N–C) groups is 1. The molecule has 3 aromatic carbocycles. The van der Waals surface area contributed by atoms with E-state index in [-0.39, 0.29) is 5.82 Å². The molecule has 5 heteroatoms. The fourth-order valence-electron chi connectivity index (χ4n) is 2.44. The first-order chi connectivity index (χ1) is 13.2. The predicted octanol–water partition coefficient (Wildman–Crippen LogP) is 5.17. The second kappa shape index (κ2) is 8.85. The smallest absolute Gasteiger partial charge is 0.161 e. The minimum atomic E-state index is -0.267. The van der Waals surface area contributed by atoms with Crippen molar-refractivity contribution in [2.24, 2.45) is 4.99 Å².